The predicted molar refractivity (Wildman–Crippen MR) is 126 cm³/mol. The van der Waals surface area contributed by atoms with Gasteiger partial charge in [-0.25, -0.2) is 0 Å². The van der Waals surface area contributed by atoms with Crippen LogP contribution in [-0.4, -0.2) is 71.3 Å². The first kappa shape index (κ1) is 24.7. The molecule has 1 spiro atoms. The average molecular weight is 491 g/mol. The molecule has 0 aromatic heterocycles. The number of esters is 1. The number of halogens is 1. The molecule has 0 radical (unpaired) electrons. The summed E-state index contributed by atoms with van der Waals surface area (Å²) in [6.07, 6.45) is 2.94. The molecule has 1 aromatic carbocycles. The second-order valence-electron chi connectivity index (χ2n) is 9.30. The Hall–Kier alpha value is -2.42. The van der Waals surface area contributed by atoms with Crippen LogP contribution in [0.25, 0.3) is 0 Å². The highest BCUT2D eigenvalue weighted by Crippen LogP contribution is 2.63. The molecule has 2 amide bonds. The van der Waals surface area contributed by atoms with Gasteiger partial charge in [0.05, 0.1) is 18.1 Å². The lowest BCUT2D eigenvalue weighted by Crippen LogP contribution is -2.56. The fraction of sp³-hybridized carbons (Fsp3) is 0.560. The minimum atomic E-state index is -1.14. The van der Waals surface area contributed by atoms with Crippen LogP contribution < -0.4 is 4.90 Å². The molecule has 9 heteroatoms. The van der Waals surface area contributed by atoms with Gasteiger partial charge < -0.3 is 24.4 Å². The zero-order chi connectivity index (χ0) is 24.7. The lowest BCUT2D eigenvalue weighted by molar-refractivity contribution is -0.159. The molecule has 3 aliphatic heterocycles. The number of anilines is 1. The Bertz CT molecular complexity index is 984. The van der Waals surface area contributed by atoms with Gasteiger partial charge in [0, 0.05) is 30.4 Å². The molecule has 0 aliphatic carbocycles. The number of carbonyl (C=O) groups excluding carboxylic acids is 3. The summed E-state index contributed by atoms with van der Waals surface area (Å²) in [4.78, 5) is 44.0. The Morgan fingerprint density at radius 3 is 2.68 bits per heavy atom. The number of aliphatic hydroxyl groups is 1. The van der Waals surface area contributed by atoms with Gasteiger partial charge in [0.25, 0.3) is 5.91 Å². The number of fused-ring (bicyclic) bond motifs is 1. The van der Waals surface area contributed by atoms with E-state index in [9.17, 15) is 19.5 Å². The summed E-state index contributed by atoms with van der Waals surface area (Å²) in [6, 6.07) is 5.93. The van der Waals surface area contributed by atoms with E-state index >= 15 is 0 Å². The van der Waals surface area contributed by atoms with Crippen molar-refractivity contribution >= 4 is 35.1 Å². The first-order valence-corrected chi connectivity index (χ1v) is 12.1. The largest absolute Gasteiger partial charge is 0.466 e. The third-order valence-electron chi connectivity index (χ3n) is 7.32. The highest BCUT2D eigenvalue weighted by Gasteiger charge is 2.78. The van der Waals surface area contributed by atoms with Crippen LogP contribution in [0.5, 0.6) is 0 Å². The van der Waals surface area contributed by atoms with Gasteiger partial charge in [-0.1, -0.05) is 17.7 Å². The zero-order valence-corrected chi connectivity index (χ0v) is 20.3. The number of rotatable bonds is 9. The van der Waals surface area contributed by atoms with E-state index in [1.54, 1.807) is 42.2 Å². The van der Waals surface area contributed by atoms with Crippen molar-refractivity contribution in [1.29, 1.82) is 0 Å². The van der Waals surface area contributed by atoms with Crippen LogP contribution in [-0.2, 0) is 23.9 Å². The molecule has 184 valence electrons. The second kappa shape index (κ2) is 9.32. The third kappa shape index (κ3) is 3.72. The van der Waals surface area contributed by atoms with Gasteiger partial charge in [0.15, 0.2) is 0 Å². The summed E-state index contributed by atoms with van der Waals surface area (Å²) in [6.45, 7) is 7.81. The number of aliphatic hydroxyl groups excluding tert-OH is 1. The summed E-state index contributed by atoms with van der Waals surface area (Å²) >= 11 is 6.05. The smallest absolute Gasteiger partial charge is 0.312 e. The lowest BCUT2D eigenvalue weighted by Gasteiger charge is -2.36. The van der Waals surface area contributed by atoms with Crippen molar-refractivity contribution in [2.24, 2.45) is 11.8 Å². The number of hydrogen-bond donors (Lipinski definition) is 1. The molecule has 1 N–H and O–H groups in total. The van der Waals surface area contributed by atoms with Crippen LogP contribution >= 0.6 is 11.6 Å². The van der Waals surface area contributed by atoms with E-state index in [-0.39, 0.29) is 38.1 Å². The number of benzene rings is 1. The van der Waals surface area contributed by atoms with Gasteiger partial charge in [0.2, 0.25) is 5.91 Å². The van der Waals surface area contributed by atoms with Crippen molar-refractivity contribution in [3.05, 3.63) is 41.9 Å². The quantitative estimate of drug-likeness (QED) is 0.422. The highest BCUT2D eigenvalue weighted by atomic mass is 35.5. The maximum atomic E-state index is 14.2. The molecule has 3 aliphatic rings. The molecule has 4 rings (SSSR count). The van der Waals surface area contributed by atoms with E-state index < -0.39 is 35.0 Å². The molecule has 3 heterocycles. The fourth-order valence-corrected chi connectivity index (χ4v) is 6.12. The van der Waals surface area contributed by atoms with Crippen LogP contribution in [0.4, 0.5) is 5.69 Å². The van der Waals surface area contributed by atoms with E-state index in [0.29, 0.717) is 30.0 Å². The molecule has 5 atom stereocenters. The second-order valence-corrected chi connectivity index (χ2v) is 9.74. The van der Waals surface area contributed by atoms with E-state index in [4.69, 9.17) is 21.1 Å². The van der Waals surface area contributed by atoms with Crippen molar-refractivity contribution in [3.8, 4) is 0 Å². The summed E-state index contributed by atoms with van der Waals surface area (Å²) in [7, 11) is 0. The minimum absolute atomic E-state index is 0.129. The Kier molecular flexibility index (Phi) is 6.77. The molecular formula is C25H31ClN2O6. The van der Waals surface area contributed by atoms with Crippen LogP contribution in [0.1, 0.15) is 33.1 Å². The maximum Gasteiger partial charge on any atom is 0.312 e. The van der Waals surface area contributed by atoms with Gasteiger partial charge in [-0.05, 0) is 57.4 Å². The van der Waals surface area contributed by atoms with Gasteiger partial charge in [-0.15, -0.1) is 6.58 Å². The molecule has 3 saturated heterocycles. The monoisotopic (exact) mass is 490 g/mol. The number of ether oxygens (including phenoxy) is 2. The normalized spacial score (nSPS) is 31.5. The molecule has 0 saturated carbocycles. The number of amides is 2. The Balaban J connectivity index is 1.78. The zero-order valence-electron chi connectivity index (χ0n) is 19.5. The average Bonchev–Trinajstić information content (AvgIpc) is 3.37. The molecule has 8 nitrogen and oxygen atoms in total. The Morgan fingerprint density at radius 2 is 2.06 bits per heavy atom. The van der Waals surface area contributed by atoms with E-state index in [1.165, 1.54) is 4.90 Å². The molecular weight excluding hydrogens is 460 g/mol. The number of carbonyl (C=O) groups is 3. The molecule has 34 heavy (non-hydrogen) atoms. The molecule has 1 aromatic rings. The third-order valence-corrected chi connectivity index (χ3v) is 7.58. The lowest BCUT2D eigenvalue weighted by atomic mass is 9.66. The minimum Gasteiger partial charge on any atom is -0.466 e. The standard InChI is InChI=1S/C25H31ClN2O6/c1-4-13-27(17-9-7-16(26)8-10-17)22(31)20-25-12-11-24(3,34-25)19(23(32)33-5-2)18(25)21(30)28(20)14-6-15-29/h4,7-10,18-20,29H,1,5-6,11-15H2,2-3H3/t18-,19-,20?,24+,25?/m0/s1. The van der Waals surface area contributed by atoms with Gasteiger partial charge in [-0.2, -0.15) is 0 Å². The van der Waals surface area contributed by atoms with Crippen LogP contribution in [0.15, 0.2) is 36.9 Å². The van der Waals surface area contributed by atoms with Crippen molar-refractivity contribution in [2.45, 2.75) is 50.4 Å². The summed E-state index contributed by atoms with van der Waals surface area (Å²) in [5.74, 6) is -2.69. The molecule has 2 bridgehead atoms. The van der Waals surface area contributed by atoms with Gasteiger partial charge >= 0.3 is 5.97 Å². The first-order valence-electron chi connectivity index (χ1n) is 11.7. The Labute approximate surface area is 204 Å². The maximum absolute atomic E-state index is 14.2. The van der Waals surface area contributed by atoms with Crippen LogP contribution in [0.3, 0.4) is 0 Å². The molecule has 2 unspecified atom stereocenters. The summed E-state index contributed by atoms with van der Waals surface area (Å²) < 4.78 is 11.9. The van der Waals surface area contributed by atoms with Crippen LogP contribution in [0, 0.1) is 11.8 Å². The van der Waals surface area contributed by atoms with Gasteiger partial charge in [0.1, 0.15) is 17.6 Å². The van der Waals surface area contributed by atoms with Crippen molar-refractivity contribution in [2.75, 3.05) is 31.2 Å². The van der Waals surface area contributed by atoms with E-state index in [2.05, 4.69) is 6.58 Å². The molecule has 3 fully saturated rings. The van der Waals surface area contributed by atoms with Gasteiger partial charge in [-0.3, -0.25) is 14.4 Å². The first-order chi connectivity index (χ1) is 16.2. The summed E-state index contributed by atoms with van der Waals surface area (Å²) in [5.41, 5.74) is -1.40. The van der Waals surface area contributed by atoms with Crippen LogP contribution in [0.2, 0.25) is 5.02 Å². The SMILES string of the molecule is C=CCN(C(=O)C1N(CCCO)C(=O)[C@@H]2[C@@H](C(=O)OCC)[C@@]3(C)CCC12O3)c1ccc(Cl)cc1. The topological polar surface area (TPSA) is 96.4 Å². The number of nitrogens with zero attached hydrogens (tertiary/aromatic N) is 2. The van der Waals surface area contributed by atoms with Crippen molar-refractivity contribution in [1.82, 2.24) is 4.90 Å². The number of hydrogen-bond acceptors (Lipinski definition) is 6. The fourth-order valence-electron chi connectivity index (χ4n) is 6.00. The van der Waals surface area contributed by atoms with Crippen molar-refractivity contribution in [3.63, 3.8) is 0 Å². The number of likely N-dealkylation sites (tertiary alicyclic amines) is 1. The van der Waals surface area contributed by atoms with E-state index in [0.717, 1.165) is 0 Å². The van der Waals surface area contributed by atoms with E-state index in [1.807, 2.05) is 6.92 Å². The summed E-state index contributed by atoms with van der Waals surface area (Å²) in [5, 5.41) is 9.99. The Morgan fingerprint density at radius 1 is 1.35 bits per heavy atom. The highest BCUT2D eigenvalue weighted by molar-refractivity contribution is 6.30. The predicted octanol–water partition coefficient (Wildman–Crippen LogP) is 2.57. The van der Waals surface area contributed by atoms with Crippen molar-refractivity contribution < 1.29 is 29.0 Å².